The van der Waals surface area contributed by atoms with Gasteiger partial charge in [0, 0.05) is 23.3 Å². The lowest BCUT2D eigenvalue weighted by molar-refractivity contribution is -0.137. The van der Waals surface area contributed by atoms with E-state index in [1.54, 1.807) is 12.1 Å². The van der Waals surface area contributed by atoms with Crippen molar-refractivity contribution in [3.05, 3.63) is 58.6 Å². The molecule has 28 heavy (non-hydrogen) atoms. The summed E-state index contributed by atoms with van der Waals surface area (Å²) in [6.45, 7) is -0.810. The molecule has 1 saturated heterocycles. The molecular weight excluding hydrogens is 399 g/mol. The van der Waals surface area contributed by atoms with Crippen LogP contribution in [0.15, 0.2) is 42.5 Å². The van der Waals surface area contributed by atoms with E-state index in [1.807, 2.05) is 0 Å². The van der Waals surface area contributed by atoms with Crippen molar-refractivity contribution in [3.63, 3.8) is 0 Å². The topological polar surface area (TPSA) is 86.9 Å². The largest absolute Gasteiger partial charge is 0.418 e. The van der Waals surface area contributed by atoms with Crippen LogP contribution in [-0.2, 0) is 16.5 Å². The molecule has 1 aliphatic heterocycles. The third kappa shape index (κ3) is 2.78. The highest BCUT2D eigenvalue weighted by Crippen LogP contribution is 2.43. The van der Waals surface area contributed by atoms with Gasteiger partial charge in [-0.25, -0.2) is 9.69 Å². The number of carbonyl (C=O) groups is 2. The number of halogens is 4. The van der Waals surface area contributed by atoms with Crippen molar-refractivity contribution in [3.8, 4) is 0 Å². The van der Waals surface area contributed by atoms with E-state index in [-0.39, 0.29) is 16.3 Å². The van der Waals surface area contributed by atoms with Crippen LogP contribution < -0.4 is 10.6 Å². The maximum atomic E-state index is 13.2. The standard InChI is InChI=1S/C18H15ClF3N3O3/c1-24-16(28)25(10-6-7-14(23)12(8-10)18(20,21)22)15(27)17(24,9-26)11-4-2-3-5-13(11)19/h2-8,26H,9,23H2,1H3. The van der Waals surface area contributed by atoms with E-state index in [9.17, 15) is 27.9 Å². The highest BCUT2D eigenvalue weighted by Gasteiger charge is 2.58. The maximum absolute atomic E-state index is 13.2. The minimum absolute atomic E-state index is 0.125. The van der Waals surface area contributed by atoms with Crippen molar-refractivity contribution in [1.29, 1.82) is 0 Å². The van der Waals surface area contributed by atoms with Gasteiger partial charge in [-0.1, -0.05) is 29.8 Å². The van der Waals surface area contributed by atoms with Crippen molar-refractivity contribution in [2.45, 2.75) is 11.7 Å². The molecule has 148 valence electrons. The molecule has 0 radical (unpaired) electrons. The molecule has 6 nitrogen and oxygen atoms in total. The molecule has 0 saturated carbocycles. The number of carbonyl (C=O) groups excluding carboxylic acids is 2. The Labute approximate surface area is 162 Å². The van der Waals surface area contributed by atoms with E-state index < -0.39 is 41.5 Å². The molecule has 0 spiro atoms. The fourth-order valence-electron chi connectivity index (χ4n) is 3.24. The van der Waals surface area contributed by atoms with Gasteiger partial charge in [-0.15, -0.1) is 0 Å². The zero-order chi connectivity index (χ0) is 20.9. The van der Waals surface area contributed by atoms with Crippen LogP contribution in [-0.4, -0.2) is 35.6 Å². The lowest BCUT2D eigenvalue weighted by atomic mass is 9.89. The molecule has 0 aromatic heterocycles. The lowest BCUT2D eigenvalue weighted by Crippen LogP contribution is -2.48. The monoisotopic (exact) mass is 413 g/mol. The van der Waals surface area contributed by atoms with Crippen LogP contribution in [0.4, 0.5) is 29.3 Å². The van der Waals surface area contributed by atoms with Crippen LogP contribution in [0.2, 0.25) is 5.02 Å². The first kappa shape index (κ1) is 20.0. The van der Waals surface area contributed by atoms with Crippen molar-refractivity contribution >= 4 is 34.9 Å². The number of anilines is 2. The predicted molar refractivity (Wildman–Crippen MR) is 96.7 cm³/mol. The number of nitrogens with two attached hydrogens (primary N) is 1. The summed E-state index contributed by atoms with van der Waals surface area (Å²) in [5.41, 5.74) is 1.65. The molecule has 3 rings (SSSR count). The smallest absolute Gasteiger partial charge is 0.398 e. The Bertz CT molecular complexity index is 967. The molecule has 1 fully saturated rings. The summed E-state index contributed by atoms with van der Waals surface area (Å²) < 4.78 is 39.6. The van der Waals surface area contributed by atoms with Gasteiger partial charge in [0.25, 0.3) is 5.91 Å². The Hall–Kier alpha value is -2.78. The molecule has 1 atom stereocenters. The van der Waals surface area contributed by atoms with Crippen LogP contribution in [0.25, 0.3) is 0 Å². The van der Waals surface area contributed by atoms with Gasteiger partial charge in [0.15, 0.2) is 5.54 Å². The van der Waals surface area contributed by atoms with E-state index in [4.69, 9.17) is 17.3 Å². The van der Waals surface area contributed by atoms with Crippen molar-refractivity contribution in [1.82, 2.24) is 4.90 Å². The second-order valence-corrected chi connectivity index (χ2v) is 6.66. The van der Waals surface area contributed by atoms with E-state index in [0.717, 1.165) is 17.0 Å². The van der Waals surface area contributed by atoms with Gasteiger partial charge in [-0.05, 0) is 24.3 Å². The Morgan fingerprint density at radius 1 is 1.18 bits per heavy atom. The molecule has 0 bridgehead atoms. The summed E-state index contributed by atoms with van der Waals surface area (Å²) in [5.74, 6) is -0.923. The number of nitrogens with zero attached hydrogens (tertiary/aromatic N) is 2. The Kier molecular flexibility index (Phi) is 4.76. The quantitative estimate of drug-likeness (QED) is 0.597. The molecule has 1 unspecified atom stereocenters. The fraction of sp³-hybridized carbons (Fsp3) is 0.222. The van der Waals surface area contributed by atoms with E-state index >= 15 is 0 Å². The third-order valence-electron chi connectivity index (χ3n) is 4.76. The molecule has 1 aliphatic rings. The summed E-state index contributed by atoms with van der Waals surface area (Å²) in [4.78, 5) is 27.5. The maximum Gasteiger partial charge on any atom is 0.418 e. The van der Waals surface area contributed by atoms with Gasteiger partial charge in [0.1, 0.15) is 0 Å². The van der Waals surface area contributed by atoms with E-state index in [0.29, 0.717) is 11.0 Å². The SMILES string of the molecule is CN1C(=O)N(c2ccc(N)c(C(F)(F)F)c2)C(=O)C1(CO)c1ccccc1Cl. The number of aliphatic hydroxyl groups excluding tert-OH is 1. The zero-order valence-corrected chi connectivity index (χ0v) is 15.3. The van der Waals surface area contributed by atoms with Crippen molar-refractivity contribution in [2.75, 3.05) is 24.3 Å². The first-order valence-electron chi connectivity index (χ1n) is 8.00. The fourth-order valence-corrected chi connectivity index (χ4v) is 3.53. The highest BCUT2D eigenvalue weighted by molar-refractivity contribution is 6.32. The molecule has 1 heterocycles. The number of likely N-dealkylation sites (N-methyl/N-ethyl adjacent to an activating group) is 1. The number of hydrogen-bond acceptors (Lipinski definition) is 4. The number of amides is 3. The third-order valence-corrected chi connectivity index (χ3v) is 5.09. The molecule has 3 amide bonds. The lowest BCUT2D eigenvalue weighted by Gasteiger charge is -2.31. The summed E-state index contributed by atoms with van der Waals surface area (Å²) in [7, 11) is 1.27. The minimum atomic E-state index is -4.77. The van der Waals surface area contributed by atoms with Crippen LogP contribution in [0, 0.1) is 0 Å². The van der Waals surface area contributed by atoms with E-state index in [2.05, 4.69) is 0 Å². The molecular formula is C18H15ClF3N3O3. The highest BCUT2D eigenvalue weighted by atomic mass is 35.5. The Morgan fingerprint density at radius 2 is 1.82 bits per heavy atom. The van der Waals surface area contributed by atoms with Gasteiger partial charge in [0.05, 0.1) is 17.9 Å². The minimum Gasteiger partial charge on any atom is -0.398 e. The Balaban J connectivity index is 2.17. The summed E-state index contributed by atoms with van der Waals surface area (Å²) in [5, 5.41) is 10.2. The summed E-state index contributed by atoms with van der Waals surface area (Å²) in [6, 6.07) is 7.93. The number of rotatable bonds is 3. The summed E-state index contributed by atoms with van der Waals surface area (Å²) >= 11 is 6.17. The van der Waals surface area contributed by atoms with Gasteiger partial charge < -0.3 is 15.7 Å². The van der Waals surface area contributed by atoms with Gasteiger partial charge >= 0.3 is 12.2 Å². The molecule has 0 aliphatic carbocycles. The number of aliphatic hydroxyl groups is 1. The first-order valence-corrected chi connectivity index (χ1v) is 8.38. The Morgan fingerprint density at radius 3 is 2.39 bits per heavy atom. The molecule has 2 aromatic carbocycles. The zero-order valence-electron chi connectivity index (χ0n) is 14.5. The number of nitrogen functional groups attached to an aromatic ring is 1. The number of imide groups is 1. The molecule has 2 aromatic rings. The number of hydrogen-bond donors (Lipinski definition) is 2. The average molecular weight is 414 g/mol. The second kappa shape index (κ2) is 6.68. The molecule has 10 heteroatoms. The second-order valence-electron chi connectivity index (χ2n) is 6.25. The van der Waals surface area contributed by atoms with Gasteiger partial charge in [0.2, 0.25) is 0 Å². The number of urea groups is 1. The summed E-state index contributed by atoms with van der Waals surface area (Å²) in [6.07, 6.45) is -4.77. The van der Waals surface area contributed by atoms with Crippen molar-refractivity contribution in [2.24, 2.45) is 0 Å². The van der Waals surface area contributed by atoms with Gasteiger partial charge in [-0.2, -0.15) is 13.2 Å². The van der Waals surface area contributed by atoms with Crippen LogP contribution >= 0.6 is 11.6 Å². The first-order chi connectivity index (χ1) is 13.1. The van der Waals surface area contributed by atoms with Gasteiger partial charge in [-0.3, -0.25) is 4.79 Å². The van der Waals surface area contributed by atoms with Crippen molar-refractivity contribution < 1.29 is 27.9 Å². The van der Waals surface area contributed by atoms with Crippen LogP contribution in [0.1, 0.15) is 11.1 Å². The average Bonchev–Trinajstić information content (AvgIpc) is 2.82. The van der Waals surface area contributed by atoms with Crippen LogP contribution in [0.5, 0.6) is 0 Å². The number of benzene rings is 2. The normalized spacial score (nSPS) is 20.2. The van der Waals surface area contributed by atoms with Crippen LogP contribution in [0.3, 0.4) is 0 Å². The van der Waals surface area contributed by atoms with E-state index in [1.165, 1.54) is 19.2 Å². The predicted octanol–water partition coefficient (Wildman–Crippen LogP) is 3.23. The number of alkyl halides is 3. The molecule has 3 N–H and O–H groups in total.